The first-order valence-corrected chi connectivity index (χ1v) is 7.29. The van der Waals surface area contributed by atoms with Crippen LogP contribution in [0.15, 0.2) is 53.2 Å². The average Bonchev–Trinajstić information content (AvgIpc) is 3.19. The largest absolute Gasteiger partial charge is 0.443 e. The standard InChI is InChI=1S/C18H14FN3O2/c1-12-16(15(10-20)18(24-12)22-7-2-3-8-22)17(23)21-11-13-5-4-6-14(19)9-13/h2-9H,11H2,1H3,(H,21,23). The van der Waals surface area contributed by atoms with E-state index in [0.29, 0.717) is 17.2 Å². The van der Waals surface area contributed by atoms with E-state index in [2.05, 4.69) is 5.32 Å². The Bertz CT molecular complexity index is 920. The third kappa shape index (κ3) is 2.92. The van der Waals surface area contributed by atoms with Crippen molar-refractivity contribution in [2.45, 2.75) is 13.5 Å². The molecule has 0 atom stereocenters. The van der Waals surface area contributed by atoms with Crippen molar-refractivity contribution >= 4 is 5.91 Å². The van der Waals surface area contributed by atoms with Crippen molar-refractivity contribution in [1.29, 1.82) is 5.26 Å². The lowest BCUT2D eigenvalue weighted by Crippen LogP contribution is -2.24. The number of carbonyl (C=O) groups is 1. The number of halogens is 1. The van der Waals surface area contributed by atoms with Crippen molar-refractivity contribution in [3.05, 3.63) is 77.1 Å². The molecule has 6 heteroatoms. The van der Waals surface area contributed by atoms with E-state index in [1.807, 2.05) is 6.07 Å². The van der Waals surface area contributed by atoms with Crippen LogP contribution < -0.4 is 5.32 Å². The minimum absolute atomic E-state index is 0.158. The summed E-state index contributed by atoms with van der Waals surface area (Å²) < 4.78 is 20.4. The summed E-state index contributed by atoms with van der Waals surface area (Å²) in [5, 5.41) is 12.1. The molecule has 0 spiro atoms. The Balaban J connectivity index is 1.86. The first-order chi connectivity index (χ1) is 11.6. The zero-order chi connectivity index (χ0) is 17.1. The predicted molar refractivity (Wildman–Crippen MR) is 85.1 cm³/mol. The summed E-state index contributed by atoms with van der Waals surface area (Å²) in [5.41, 5.74) is 0.992. The molecule has 0 radical (unpaired) electrons. The number of benzene rings is 1. The fraction of sp³-hybridized carbons (Fsp3) is 0.111. The maximum atomic E-state index is 13.2. The second-order valence-corrected chi connectivity index (χ2v) is 5.23. The summed E-state index contributed by atoms with van der Waals surface area (Å²) in [4.78, 5) is 12.5. The van der Waals surface area contributed by atoms with Gasteiger partial charge in [0.15, 0.2) is 0 Å². The van der Waals surface area contributed by atoms with E-state index >= 15 is 0 Å². The SMILES string of the molecule is Cc1oc(-n2cccc2)c(C#N)c1C(=O)NCc1cccc(F)c1. The molecule has 0 bridgehead atoms. The van der Waals surface area contributed by atoms with Crippen molar-refractivity contribution in [3.8, 4) is 12.0 Å². The maximum Gasteiger partial charge on any atom is 0.256 e. The molecule has 0 aliphatic rings. The Labute approximate surface area is 137 Å². The van der Waals surface area contributed by atoms with E-state index in [1.165, 1.54) is 12.1 Å². The van der Waals surface area contributed by atoms with E-state index in [1.54, 1.807) is 48.1 Å². The van der Waals surface area contributed by atoms with Gasteiger partial charge in [-0.05, 0) is 36.8 Å². The maximum absolute atomic E-state index is 13.2. The third-order valence-corrected chi connectivity index (χ3v) is 3.59. The Kier molecular flexibility index (Phi) is 4.17. The highest BCUT2D eigenvalue weighted by Crippen LogP contribution is 2.25. The monoisotopic (exact) mass is 323 g/mol. The molecule has 0 saturated carbocycles. The zero-order valence-electron chi connectivity index (χ0n) is 12.9. The third-order valence-electron chi connectivity index (χ3n) is 3.59. The van der Waals surface area contributed by atoms with Gasteiger partial charge in [-0.3, -0.25) is 9.36 Å². The molecule has 1 amide bonds. The molecule has 3 rings (SSSR count). The molecule has 3 aromatic rings. The lowest BCUT2D eigenvalue weighted by atomic mass is 10.1. The van der Waals surface area contributed by atoms with Crippen LogP contribution in [-0.2, 0) is 6.54 Å². The van der Waals surface area contributed by atoms with Gasteiger partial charge in [-0.1, -0.05) is 12.1 Å². The Hall–Kier alpha value is -3.33. The highest BCUT2D eigenvalue weighted by atomic mass is 19.1. The van der Waals surface area contributed by atoms with Gasteiger partial charge in [0.1, 0.15) is 28.8 Å². The van der Waals surface area contributed by atoms with Crippen LogP contribution in [0.2, 0.25) is 0 Å². The van der Waals surface area contributed by atoms with Gasteiger partial charge in [0.05, 0.1) is 0 Å². The summed E-state index contributed by atoms with van der Waals surface area (Å²) in [5.74, 6) is -0.146. The van der Waals surface area contributed by atoms with E-state index in [0.717, 1.165) is 0 Å². The van der Waals surface area contributed by atoms with Gasteiger partial charge in [0, 0.05) is 18.9 Å². The van der Waals surface area contributed by atoms with Crippen molar-refractivity contribution < 1.29 is 13.6 Å². The van der Waals surface area contributed by atoms with Crippen molar-refractivity contribution in [3.63, 3.8) is 0 Å². The fourth-order valence-corrected chi connectivity index (χ4v) is 2.48. The molecule has 5 nitrogen and oxygen atoms in total. The van der Waals surface area contributed by atoms with Crippen LogP contribution >= 0.6 is 0 Å². The molecule has 24 heavy (non-hydrogen) atoms. The van der Waals surface area contributed by atoms with Gasteiger partial charge in [-0.15, -0.1) is 0 Å². The summed E-state index contributed by atoms with van der Waals surface area (Å²) in [6.45, 7) is 1.79. The van der Waals surface area contributed by atoms with Crippen LogP contribution in [0.5, 0.6) is 0 Å². The summed E-state index contributed by atoms with van der Waals surface area (Å²) in [7, 11) is 0. The van der Waals surface area contributed by atoms with E-state index in [4.69, 9.17) is 4.42 Å². The topological polar surface area (TPSA) is 71.0 Å². The number of nitrogens with zero attached hydrogens (tertiary/aromatic N) is 2. The molecule has 0 aliphatic heterocycles. The van der Waals surface area contributed by atoms with Crippen LogP contribution in [-0.4, -0.2) is 10.5 Å². The van der Waals surface area contributed by atoms with Crippen LogP contribution in [0.25, 0.3) is 5.88 Å². The van der Waals surface area contributed by atoms with E-state index < -0.39 is 5.91 Å². The minimum atomic E-state index is -0.435. The molecule has 1 N–H and O–H groups in total. The summed E-state index contributed by atoms with van der Waals surface area (Å²) in [6.07, 6.45) is 3.46. The number of furan rings is 1. The number of hydrogen-bond donors (Lipinski definition) is 1. The predicted octanol–water partition coefficient (Wildman–Crippen LogP) is 3.32. The first-order valence-electron chi connectivity index (χ1n) is 7.29. The molecule has 1 aromatic carbocycles. The molecule has 0 saturated heterocycles. The van der Waals surface area contributed by atoms with Crippen molar-refractivity contribution in [2.24, 2.45) is 0 Å². The van der Waals surface area contributed by atoms with E-state index in [-0.39, 0.29) is 23.5 Å². The second kappa shape index (κ2) is 6.42. The van der Waals surface area contributed by atoms with Gasteiger partial charge >= 0.3 is 0 Å². The lowest BCUT2D eigenvalue weighted by molar-refractivity contribution is 0.0949. The highest BCUT2D eigenvalue weighted by molar-refractivity contribution is 5.98. The zero-order valence-corrected chi connectivity index (χ0v) is 12.9. The first kappa shape index (κ1) is 15.6. The number of rotatable bonds is 4. The van der Waals surface area contributed by atoms with Crippen molar-refractivity contribution in [2.75, 3.05) is 0 Å². The average molecular weight is 323 g/mol. The smallest absolute Gasteiger partial charge is 0.256 e. The number of aryl methyl sites for hydroxylation is 1. The van der Waals surface area contributed by atoms with Crippen LogP contribution in [0, 0.1) is 24.1 Å². The van der Waals surface area contributed by atoms with Crippen molar-refractivity contribution in [1.82, 2.24) is 9.88 Å². The van der Waals surface area contributed by atoms with Gasteiger partial charge in [-0.2, -0.15) is 5.26 Å². The molecular weight excluding hydrogens is 309 g/mol. The van der Waals surface area contributed by atoms with Gasteiger partial charge in [0.2, 0.25) is 5.88 Å². The van der Waals surface area contributed by atoms with Crippen LogP contribution in [0.3, 0.4) is 0 Å². The molecule has 0 aliphatic carbocycles. The Morgan fingerprint density at radius 2 is 2.08 bits per heavy atom. The van der Waals surface area contributed by atoms with Gasteiger partial charge < -0.3 is 9.73 Å². The Morgan fingerprint density at radius 3 is 2.75 bits per heavy atom. The normalized spacial score (nSPS) is 10.4. The Morgan fingerprint density at radius 1 is 1.33 bits per heavy atom. The fourth-order valence-electron chi connectivity index (χ4n) is 2.48. The number of nitrogens with one attached hydrogen (secondary N) is 1. The summed E-state index contributed by atoms with van der Waals surface area (Å²) >= 11 is 0. The minimum Gasteiger partial charge on any atom is -0.443 e. The number of hydrogen-bond acceptors (Lipinski definition) is 3. The second-order valence-electron chi connectivity index (χ2n) is 5.23. The van der Waals surface area contributed by atoms with E-state index in [9.17, 15) is 14.4 Å². The number of amides is 1. The molecule has 2 heterocycles. The number of aromatic nitrogens is 1. The molecule has 0 fully saturated rings. The van der Waals surface area contributed by atoms with Gasteiger partial charge in [-0.25, -0.2) is 4.39 Å². The lowest BCUT2D eigenvalue weighted by Gasteiger charge is -2.05. The molecule has 0 unspecified atom stereocenters. The number of nitriles is 1. The molecular formula is C18H14FN3O2. The van der Waals surface area contributed by atoms with Gasteiger partial charge in [0.25, 0.3) is 5.91 Å². The van der Waals surface area contributed by atoms with Crippen LogP contribution in [0.1, 0.15) is 27.2 Å². The molecule has 120 valence electrons. The quantitative estimate of drug-likeness (QED) is 0.800. The summed E-state index contributed by atoms with van der Waals surface area (Å²) in [6, 6.07) is 11.6. The van der Waals surface area contributed by atoms with Crippen LogP contribution in [0.4, 0.5) is 4.39 Å². The number of carbonyl (C=O) groups excluding carboxylic acids is 1. The highest BCUT2D eigenvalue weighted by Gasteiger charge is 2.24. The molecule has 2 aromatic heterocycles.